The van der Waals surface area contributed by atoms with Crippen LogP contribution in [-0.2, 0) is 0 Å². The van der Waals surface area contributed by atoms with Crippen molar-refractivity contribution in [3.63, 3.8) is 0 Å². The van der Waals surface area contributed by atoms with Crippen molar-refractivity contribution in [2.24, 2.45) is 5.41 Å². The SMILES string of the molecule is CCNCC1(CN(CCO)CC(F)F)CCCCC1. The molecule has 1 aliphatic carbocycles. The lowest BCUT2D eigenvalue weighted by Crippen LogP contribution is -2.47. The van der Waals surface area contributed by atoms with Gasteiger partial charge in [-0.2, -0.15) is 0 Å². The maximum absolute atomic E-state index is 12.6. The van der Waals surface area contributed by atoms with Gasteiger partial charge in [0.05, 0.1) is 13.2 Å². The molecule has 1 saturated carbocycles. The summed E-state index contributed by atoms with van der Waals surface area (Å²) >= 11 is 0. The highest BCUT2D eigenvalue weighted by molar-refractivity contribution is 4.88. The first kappa shape index (κ1) is 16.8. The molecule has 3 nitrogen and oxygen atoms in total. The Morgan fingerprint density at radius 2 is 1.95 bits per heavy atom. The van der Waals surface area contributed by atoms with Gasteiger partial charge in [0.1, 0.15) is 0 Å². The van der Waals surface area contributed by atoms with Crippen molar-refractivity contribution in [2.45, 2.75) is 45.5 Å². The lowest BCUT2D eigenvalue weighted by atomic mass is 9.73. The molecule has 0 saturated heterocycles. The van der Waals surface area contributed by atoms with Crippen LogP contribution in [0.3, 0.4) is 0 Å². The van der Waals surface area contributed by atoms with Gasteiger partial charge in [0.25, 0.3) is 6.43 Å². The fourth-order valence-corrected chi connectivity index (χ4v) is 3.13. The summed E-state index contributed by atoms with van der Waals surface area (Å²) in [7, 11) is 0. The highest BCUT2D eigenvalue weighted by Gasteiger charge is 2.33. The molecular weight excluding hydrogens is 250 g/mol. The lowest BCUT2D eigenvalue weighted by Gasteiger charge is -2.41. The van der Waals surface area contributed by atoms with Gasteiger partial charge in [0, 0.05) is 19.6 Å². The molecule has 5 heteroatoms. The molecule has 1 rings (SSSR count). The number of alkyl halides is 2. The van der Waals surface area contributed by atoms with E-state index in [0.717, 1.165) is 25.9 Å². The third-order valence-electron chi connectivity index (χ3n) is 4.04. The van der Waals surface area contributed by atoms with Gasteiger partial charge >= 0.3 is 0 Å². The Balaban J connectivity index is 2.61. The minimum Gasteiger partial charge on any atom is -0.395 e. The molecule has 114 valence electrons. The van der Waals surface area contributed by atoms with Crippen LogP contribution in [-0.4, -0.2) is 55.8 Å². The monoisotopic (exact) mass is 278 g/mol. The second-order valence-corrected chi connectivity index (χ2v) is 5.69. The molecule has 0 heterocycles. The zero-order valence-corrected chi connectivity index (χ0v) is 12.0. The largest absolute Gasteiger partial charge is 0.395 e. The van der Waals surface area contributed by atoms with E-state index in [1.807, 2.05) is 0 Å². The molecule has 0 aliphatic heterocycles. The Morgan fingerprint density at radius 3 is 2.47 bits per heavy atom. The average molecular weight is 278 g/mol. The Bertz CT molecular complexity index is 233. The van der Waals surface area contributed by atoms with Crippen molar-refractivity contribution in [1.29, 1.82) is 0 Å². The number of hydrogen-bond acceptors (Lipinski definition) is 3. The van der Waals surface area contributed by atoms with Gasteiger partial charge in [-0.1, -0.05) is 26.2 Å². The smallest absolute Gasteiger partial charge is 0.251 e. The van der Waals surface area contributed by atoms with Gasteiger partial charge in [-0.05, 0) is 24.8 Å². The van der Waals surface area contributed by atoms with E-state index in [0.29, 0.717) is 13.1 Å². The van der Waals surface area contributed by atoms with Crippen LogP contribution in [0.4, 0.5) is 8.78 Å². The van der Waals surface area contributed by atoms with E-state index < -0.39 is 6.43 Å². The number of nitrogens with one attached hydrogen (secondary N) is 1. The molecule has 0 atom stereocenters. The van der Waals surface area contributed by atoms with Gasteiger partial charge in [-0.15, -0.1) is 0 Å². The first-order valence-corrected chi connectivity index (χ1v) is 7.44. The summed E-state index contributed by atoms with van der Waals surface area (Å²) in [6.07, 6.45) is 3.50. The molecule has 0 spiro atoms. The molecule has 19 heavy (non-hydrogen) atoms. The van der Waals surface area contributed by atoms with Gasteiger partial charge in [-0.25, -0.2) is 8.78 Å². The van der Waals surface area contributed by atoms with E-state index in [-0.39, 0.29) is 18.6 Å². The minimum absolute atomic E-state index is 0.0516. The maximum Gasteiger partial charge on any atom is 0.251 e. The van der Waals surface area contributed by atoms with E-state index in [4.69, 9.17) is 5.11 Å². The molecule has 2 N–H and O–H groups in total. The third-order valence-corrected chi connectivity index (χ3v) is 4.04. The van der Waals surface area contributed by atoms with Crippen molar-refractivity contribution in [2.75, 3.05) is 39.3 Å². The van der Waals surface area contributed by atoms with E-state index in [9.17, 15) is 8.78 Å². The lowest BCUT2D eigenvalue weighted by molar-refractivity contribution is 0.0377. The van der Waals surface area contributed by atoms with Crippen LogP contribution < -0.4 is 5.32 Å². The highest BCUT2D eigenvalue weighted by Crippen LogP contribution is 2.36. The summed E-state index contributed by atoms with van der Waals surface area (Å²) in [6.45, 7) is 4.62. The van der Waals surface area contributed by atoms with Crippen molar-refractivity contribution < 1.29 is 13.9 Å². The number of aliphatic hydroxyl groups excluding tert-OH is 1. The van der Waals surface area contributed by atoms with E-state index in [1.165, 1.54) is 19.3 Å². The summed E-state index contributed by atoms with van der Waals surface area (Å²) in [5.74, 6) is 0. The molecule has 0 radical (unpaired) electrons. The van der Waals surface area contributed by atoms with Gasteiger partial charge in [0.15, 0.2) is 0 Å². The zero-order valence-electron chi connectivity index (χ0n) is 12.0. The first-order valence-electron chi connectivity index (χ1n) is 7.44. The fourth-order valence-electron chi connectivity index (χ4n) is 3.13. The second-order valence-electron chi connectivity index (χ2n) is 5.69. The number of aliphatic hydroxyl groups is 1. The van der Waals surface area contributed by atoms with Crippen molar-refractivity contribution >= 4 is 0 Å². The van der Waals surface area contributed by atoms with Gasteiger partial charge in [0.2, 0.25) is 0 Å². The van der Waals surface area contributed by atoms with Crippen molar-refractivity contribution in [3.8, 4) is 0 Å². The average Bonchev–Trinajstić information content (AvgIpc) is 2.37. The van der Waals surface area contributed by atoms with Gasteiger partial charge < -0.3 is 10.4 Å². The minimum atomic E-state index is -2.33. The molecule has 0 unspecified atom stereocenters. The predicted octanol–water partition coefficient (Wildman–Crippen LogP) is 2.11. The molecule has 0 aromatic carbocycles. The Kier molecular flexibility index (Phi) is 7.80. The van der Waals surface area contributed by atoms with Crippen LogP contribution in [0.25, 0.3) is 0 Å². The summed E-state index contributed by atoms with van der Waals surface area (Å²) < 4.78 is 25.2. The van der Waals surface area contributed by atoms with Crippen molar-refractivity contribution in [3.05, 3.63) is 0 Å². The molecule has 0 bridgehead atoms. The predicted molar refractivity (Wildman–Crippen MR) is 73.6 cm³/mol. The van der Waals surface area contributed by atoms with Crippen LogP contribution >= 0.6 is 0 Å². The Labute approximate surface area is 115 Å². The molecule has 1 fully saturated rings. The topological polar surface area (TPSA) is 35.5 Å². The number of rotatable bonds is 9. The molecular formula is C14H28F2N2O. The second kappa shape index (κ2) is 8.82. The zero-order chi connectivity index (χ0) is 14.1. The maximum atomic E-state index is 12.6. The normalized spacial score (nSPS) is 19.3. The first-order chi connectivity index (χ1) is 9.12. The van der Waals surface area contributed by atoms with E-state index in [2.05, 4.69) is 12.2 Å². The number of halogens is 2. The highest BCUT2D eigenvalue weighted by atomic mass is 19.3. The summed E-state index contributed by atoms with van der Waals surface area (Å²) in [5.41, 5.74) is 0.109. The number of nitrogens with zero attached hydrogens (tertiary/aromatic N) is 1. The molecule has 0 aromatic rings. The van der Waals surface area contributed by atoms with Crippen LogP contribution in [0.5, 0.6) is 0 Å². The molecule has 1 aliphatic rings. The summed E-state index contributed by atoms with van der Waals surface area (Å²) in [6, 6.07) is 0. The quantitative estimate of drug-likeness (QED) is 0.678. The van der Waals surface area contributed by atoms with Crippen LogP contribution in [0.2, 0.25) is 0 Å². The number of hydrogen-bond donors (Lipinski definition) is 2. The summed E-state index contributed by atoms with van der Waals surface area (Å²) in [5, 5.41) is 12.4. The van der Waals surface area contributed by atoms with Crippen molar-refractivity contribution in [1.82, 2.24) is 10.2 Å². The fraction of sp³-hybridized carbons (Fsp3) is 1.00. The van der Waals surface area contributed by atoms with Crippen LogP contribution in [0.15, 0.2) is 0 Å². The van der Waals surface area contributed by atoms with Crippen LogP contribution in [0, 0.1) is 5.41 Å². The van der Waals surface area contributed by atoms with Gasteiger partial charge in [-0.3, -0.25) is 4.90 Å². The molecule has 0 amide bonds. The van der Waals surface area contributed by atoms with E-state index in [1.54, 1.807) is 4.90 Å². The molecule has 0 aromatic heterocycles. The standard InChI is InChI=1S/C14H28F2N2O/c1-2-17-11-14(6-4-3-5-7-14)12-18(8-9-19)10-13(15)16/h13,17,19H,2-12H2,1H3. The summed E-state index contributed by atoms with van der Waals surface area (Å²) in [4.78, 5) is 1.73. The Hall–Kier alpha value is -0.260. The van der Waals surface area contributed by atoms with Crippen LogP contribution in [0.1, 0.15) is 39.0 Å². The third kappa shape index (κ3) is 6.15. The Morgan fingerprint density at radius 1 is 1.26 bits per heavy atom. The van der Waals surface area contributed by atoms with E-state index >= 15 is 0 Å².